The summed E-state index contributed by atoms with van der Waals surface area (Å²) in [7, 11) is 0. The topological polar surface area (TPSA) is 50.4 Å². The van der Waals surface area contributed by atoms with Gasteiger partial charge in [-0.15, -0.1) is 0 Å². The molecule has 0 saturated carbocycles. The molecule has 0 saturated heterocycles. The lowest BCUT2D eigenvalue weighted by molar-refractivity contribution is 0.221. The number of nitrogens with zero attached hydrogens (tertiary/aromatic N) is 3. The summed E-state index contributed by atoms with van der Waals surface area (Å²) in [6, 6.07) is 8.13. The van der Waals surface area contributed by atoms with E-state index < -0.39 is 6.10 Å². The van der Waals surface area contributed by atoms with E-state index in [2.05, 4.69) is 36.1 Å². The van der Waals surface area contributed by atoms with Gasteiger partial charge in [-0.3, -0.25) is 4.98 Å². The fourth-order valence-corrected chi connectivity index (χ4v) is 2.60. The molecule has 3 rings (SSSR count). The summed E-state index contributed by atoms with van der Waals surface area (Å²) >= 11 is 0. The van der Waals surface area contributed by atoms with Crippen molar-refractivity contribution >= 4 is 5.52 Å². The van der Waals surface area contributed by atoms with Crippen LogP contribution in [-0.4, -0.2) is 19.7 Å². The Morgan fingerprint density at radius 2 is 2.10 bits per heavy atom. The van der Waals surface area contributed by atoms with Crippen molar-refractivity contribution in [2.45, 2.75) is 26.4 Å². The van der Waals surface area contributed by atoms with Crippen LogP contribution in [0, 0.1) is 5.92 Å². The van der Waals surface area contributed by atoms with Gasteiger partial charge < -0.3 is 5.11 Å². The highest BCUT2D eigenvalue weighted by atomic mass is 16.3. The first kappa shape index (κ1) is 13.8. The monoisotopic (exact) mass is 281 g/mol. The van der Waals surface area contributed by atoms with Crippen molar-refractivity contribution in [3.05, 3.63) is 65.7 Å². The molecule has 1 N–H and O–H groups in total. The maximum Gasteiger partial charge on any atom is 0.108 e. The maximum absolute atomic E-state index is 10.7. The largest absolute Gasteiger partial charge is 0.384 e. The minimum absolute atomic E-state index is 0.596. The average Bonchev–Trinajstić information content (AvgIpc) is 2.90. The van der Waals surface area contributed by atoms with Crippen LogP contribution >= 0.6 is 0 Å². The molecule has 4 heteroatoms. The highest BCUT2D eigenvalue weighted by Crippen LogP contribution is 2.26. The molecule has 0 aliphatic heterocycles. The number of hydrogen-bond acceptors (Lipinski definition) is 3. The van der Waals surface area contributed by atoms with Crippen molar-refractivity contribution in [2.24, 2.45) is 5.92 Å². The molecule has 2 heterocycles. The summed E-state index contributed by atoms with van der Waals surface area (Å²) < 4.78 is 1.73. The van der Waals surface area contributed by atoms with Crippen LogP contribution in [0.3, 0.4) is 0 Å². The number of aromatic nitrogens is 3. The van der Waals surface area contributed by atoms with E-state index in [0.29, 0.717) is 5.92 Å². The standard InChI is InChI=1S/C17H19N3O/c1-12(2)8-13-4-3-5-14(9-13)17(21)15-10-19-20-7-6-18-11-16(15)20/h3-7,9-12,17,21H,8H2,1-2H3. The minimum Gasteiger partial charge on any atom is -0.384 e. The molecular formula is C17H19N3O. The molecule has 0 aliphatic carbocycles. The number of aliphatic hydroxyl groups is 1. The normalized spacial score (nSPS) is 13.0. The molecule has 3 aromatic rings. The second kappa shape index (κ2) is 5.66. The summed E-state index contributed by atoms with van der Waals surface area (Å²) in [6.07, 6.45) is 7.22. The Morgan fingerprint density at radius 3 is 2.90 bits per heavy atom. The molecule has 1 atom stereocenters. The third kappa shape index (κ3) is 2.81. The molecule has 4 nitrogen and oxygen atoms in total. The summed E-state index contributed by atoms with van der Waals surface area (Å²) in [5, 5.41) is 14.9. The third-order valence-corrected chi connectivity index (χ3v) is 3.56. The lowest BCUT2D eigenvalue weighted by atomic mass is 9.97. The second-order valence-corrected chi connectivity index (χ2v) is 5.75. The SMILES string of the molecule is CC(C)Cc1cccc(C(O)c2cnn3ccncc23)c1. The summed E-state index contributed by atoms with van der Waals surface area (Å²) in [4.78, 5) is 4.11. The Balaban J connectivity index is 1.96. The molecule has 0 aliphatic rings. The number of fused-ring (bicyclic) bond motifs is 1. The zero-order chi connectivity index (χ0) is 14.8. The molecule has 1 aromatic carbocycles. The molecule has 0 fully saturated rings. The Bertz CT molecular complexity index is 748. The quantitative estimate of drug-likeness (QED) is 0.799. The van der Waals surface area contributed by atoms with Crippen LogP contribution in [0.2, 0.25) is 0 Å². The summed E-state index contributed by atoms with van der Waals surface area (Å²) in [5.74, 6) is 0.596. The van der Waals surface area contributed by atoms with Gasteiger partial charge in [-0.2, -0.15) is 5.10 Å². The predicted molar refractivity (Wildman–Crippen MR) is 82.0 cm³/mol. The number of benzene rings is 1. The van der Waals surface area contributed by atoms with Gasteiger partial charge in [0.05, 0.1) is 17.9 Å². The van der Waals surface area contributed by atoms with Crippen LogP contribution in [0.25, 0.3) is 5.52 Å². The molecule has 2 aromatic heterocycles. The van der Waals surface area contributed by atoms with Crippen molar-refractivity contribution in [3.63, 3.8) is 0 Å². The first-order valence-electron chi connectivity index (χ1n) is 7.19. The van der Waals surface area contributed by atoms with Crippen LogP contribution in [0.5, 0.6) is 0 Å². The van der Waals surface area contributed by atoms with Gasteiger partial charge in [0, 0.05) is 18.0 Å². The second-order valence-electron chi connectivity index (χ2n) is 5.75. The molecule has 0 spiro atoms. The van der Waals surface area contributed by atoms with Crippen LogP contribution in [0.4, 0.5) is 0 Å². The lowest BCUT2D eigenvalue weighted by Gasteiger charge is -2.12. The van der Waals surface area contributed by atoms with E-state index in [9.17, 15) is 5.11 Å². The smallest absolute Gasteiger partial charge is 0.108 e. The van der Waals surface area contributed by atoms with Gasteiger partial charge in [-0.05, 0) is 23.5 Å². The fourth-order valence-electron chi connectivity index (χ4n) is 2.60. The van der Waals surface area contributed by atoms with Gasteiger partial charge in [0.25, 0.3) is 0 Å². The molecule has 108 valence electrons. The lowest BCUT2D eigenvalue weighted by Crippen LogP contribution is -2.01. The van der Waals surface area contributed by atoms with Crippen molar-refractivity contribution in [2.75, 3.05) is 0 Å². The highest BCUT2D eigenvalue weighted by Gasteiger charge is 2.16. The van der Waals surface area contributed by atoms with Crippen molar-refractivity contribution in [3.8, 4) is 0 Å². The van der Waals surface area contributed by atoms with Crippen LogP contribution < -0.4 is 0 Å². The highest BCUT2D eigenvalue weighted by molar-refractivity contribution is 5.55. The Labute approximate surface area is 124 Å². The van der Waals surface area contributed by atoms with E-state index in [4.69, 9.17) is 0 Å². The van der Waals surface area contributed by atoms with Gasteiger partial charge in [-0.1, -0.05) is 38.1 Å². The Hall–Kier alpha value is -2.20. The van der Waals surface area contributed by atoms with Gasteiger partial charge in [0.2, 0.25) is 0 Å². The van der Waals surface area contributed by atoms with E-state index in [-0.39, 0.29) is 0 Å². The number of rotatable bonds is 4. The molecule has 21 heavy (non-hydrogen) atoms. The van der Waals surface area contributed by atoms with E-state index in [0.717, 1.165) is 23.1 Å². The first-order valence-corrected chi connectivity index (χ1v) is 7.19. The van der Waals surface area contributed by atoms with Crippen LogP contribution in [0.1, 0.15) is 36.6 Å². The summed E-state index contributed by atoms with van der Waals surface area (Å²) in [6.45, 7) is 4.39. The van der Waals surface area contributed by atoms with Gasteiger partial charge >= 0.3 is 0 Å². The molecular weight excluding hydrogens is 262 g/mol. The van der Waals surface area contributed by atoms with E-state index >= 15 is 0 Å². The van der Waals surface area contributed by atoms with Gasteiger partial charge in [0.1, 0.15) is 6.10 Å². The molecule has 1 unspecified atom stereocenters. The van der Waals surface area contributed by atoms with Crippen molar-refractivity contribution in [1.29, 1.82) is 0 Å². The minimum atomic E-state index is -0.682. The van der Waals surface area contributed by atoms with Crippen molar-refractivity contribution in [1.82, 2.24) is 14.6 Å². The fraction of sp³-hybridized carbons (Fsp3) is 0.294. The van der Waals surface area contributed by atoms with E-state index in [1.54, 1.807) is 29.3 Å². The van der Waals surface area contributed by atoms with Crippen molar-refractivity contribution < 1.29 is 5.11 Å². The molecule has 0 radical (unpaired) electrons. The van der Waals surface area contributed by atoms with Gasteiger partial charge in [-0.25, -0.2) is 4.52 Å². The predicted octanol–water partition coefficient (Wildman–Crippen LogP) is 3.01. The van der Waals surface area contributed by atoms with Gasteiger partial charge in [0.15, 0.2) is 0 Å². The Morgan fingerprint density at radius 1 is 1.24 bits per heavy atom. The average molecular weight is 281 g/mol. The third-order valence-electron chi connectivity index (χ3n) is 3.56. The molecule has 0 amide bonds. The maximum atomic E-state index is 10.7. The zero-order valence-electron chi connectivity index (χ0n) is 12.3. The Kier molecular flexibility index (Phi) is 3.71. The van der Waals surface area contributed by atoms with Crippen LogP contribution in [-0.2, 0) is 6.42 Å². The van der Waals surface area contributed by atoms with Crippen LogP contribution in [0.15, 0.2) is 49.1 Å². The van der Waals surface area contributed by atoms with E-state index in [1.165, 1.54) is 5.56 Å². The summed E-state index contributed by atoms with van der Waals surface area (Å²) in [5.41, 5.74) is 3.76. The zero-order valence-corrected chi connectivity index (χ0v) is 12.3. The van der Waals surface area contributed by atoms with E-state index in [1.807, 2.05) is 12.1 Å². The number of aliphatic hydroxyl groups excluding tert-OH is 1. The molecule has 0 bridgehead atoms. The number of hydrogen-bond donors (Lipinski definition) is 1. The first-order chi connectivity index (χ1) is 10.1.